The zero-order chi connectivity index (χ0) is 19.9. The predicted octanol–water partition coefficient (Wildman–Crippen LogP) is 4.43. The van der Waals surface area contributed by atoms with E-state index in [4.69, 9.17) is 21.1 Å². The van der Waals surface area contributed by atoms with Crippen LogP contribution >= 0.6 is 11.6 Å². The first kappa shape index (κ1) is 19.5. The second-order valence-electron chi connectivity index (χ2n) is 5.90. The minimum Gasteiger partial charge on any atom is -0.496 e. The smallest absolute Gasteiger partial charge is 0.270 e. The van der Waals surface area contributed by atoms with Crippen molar-refractivity contribution in [1.82, 2.24) is 10.3 Å². The number of carbonyl (C=O) groups excluding carboxylic acids is 1. The first-order chi connectivity index (χ1) is 13.6. The van der Waals surface area contributed by atoms with E-state index in [0.717, 1.165) is 11.3 Å². The number of anilines is 2. The van der Waals surface area contributed by atoms with Gasteiger partial charge >= 0.3 is 0 Å². The van der Waals surface area contributed by atoms with E-state index in [1.54, 1.807) is 50.7 Å². The third-order valence-corrected chi connectivity index (χ3v) is 4.30. The summed E-state index contributed by atoms with van der Waals surface area (Å²) >= 11 is 6.04. The number of hydrogen-bond acceptors (Lipinski definition) is 5. The van der Waals surface area contributed by atoms with Gasteiger partial charge in [-0.3, -0.25) is 4.79 Å². The minimum atomic E-state index is -0.266. The van der Waals surface area contributed by atoms with Gasteiger partial charge < -0.3 is 20.1 Å². The SMILES string of the molecule is COc1ccccc1CNC(=O)c1ccc(Nc2cc(Cl)ccc2OC)cn1. The van der Waals surface area contributed by atoms with Crippen LogP contribution in [0.1, 0.15) is 16.1 Å². The van der Waals surface area contributed by atoms with Crippen molar-refractivity contribution in [3.8, 4) is 11.5 Å². The second-order valence-corrected chi connectivity index (χ2v) is 6.33. The van der Waals surface area contributed by atoms with Crippen molar-refractivity contribution in [3.05, 3.63) is 77.1 Å². The Morgan fingerprint density at radius 3 is 2.54 bits per heavy atom. The molecule has 0 aliphatic heterocycles. The van der Waals surface area contributed by atoms with Crippen molar-refractivity contribution in [2.45, 2.75) is 6.54 Å². The molecule has 0 atom stereocenters. The van der Waals surface area contributed by atoms with Crippen molar-refractivity contribution in [1.29, 1.82) is 0 Å². The number of amides is 1. The number of ether oxygens (including phenoxy) is 2. The van der Waals surface area contributed by atoms with E-state index in [0.29, 0.717) is 34.4 Å². The molecule has 1 amide bonds. The fraction of sp³-hybridized carbons (Fsp3) is 0.143. The molecular weight excluding hydrogens is 378 g/mol. The van der Waals surface area contributed by atoms with E-state index in [1.165, 1.54) is 0 Å². The first-order valence-electron chi connectivity index (χ1n) is 8.57. The topological polar surface area (TPSA) is 72.5 Å². The van der Waals surface area contributed by atoms with Crippen LogP contribution in [-0.2, 0) is 6.54 Å². The molecular formula is C21H20ClN3O3. The molecule has 1 heterocycles. The number of para-hydroxylation sites is 1. The molecule has 144 valence electrons. The molecule has 2 N–H and O–H groups in total. The van der Waals surface area contributed by atoms with Crippen molar-refractivity contribution >= 4 is 28.9 Å². The Balaban J connectivity index is 1.65. The van der Waals surface area contributed by atoms with Crippen LogP contribution in [0, 0.1) is 0 Å². The van der Waals surface area contributed by atoms with Gasteiger partial charge in [0.1, 0.15) is 17.2 Å². The molecule has 0 saturated heterocycles. The van der Waals surface area contributed by atoms with Crippen LogP contribution in [0.2, 0.25) is 5.02 Å². The highest BCUT2D eigenvalue weighted by Crippen LogP contribution is 2.30. The molecule has 3 aromatic rings. The van der Waals surface area contributed by atoms with Gasteiger partial charge in [-0.05, 0) is 36.4 Å². The van der Waals surface area contributed by atoms with Gasteiger partial charge in [-0.15, -0.1) is 0 Å². The molecule has 0 saturated carbocycles. The Labute approximate surface area is 168 Å². The van der Waals surface area contributed by atoms with E-state index >= 15 is 0 Å². The second kappa shape index (κ2) is 9.10. The third-order valence-electron chi connectivity index (χ3n) is 4.07. The standard InChI is InChI=1S/C21H20ClN3O3/c1-27-19-6-4-3-5-14(19)12-24-21(26)17-9-8-16(13-23-17)25-18-11-15(22)7-10-20(18)28-2/h3-11,13,25H,12H2,1-2H3,(H,24,26). The number of pyridine rings is 1. The normalized spacial score (nSPS) is 10.2. The molecule has 2 aromatic carbocycles. The van der Waals surface area contributed by atoms with E-state index in [1.807, 2.05) is 24.3 Å². The van der Waals surface area contributed by atoms with Crippen LogP contribution < -0.4 is 20.1 Å². The summed E-state index contributed by atoms with van der Waals surface area (Å²) in [5, 5.41) is 6.62. The molecule has 0 aliphatic carbocycles. The van der Waals surface area contributed by atoms with Crippen molar-refractivity contribution in [3.63, 3.8) is 0 Å². The van der Waals surface area contributed by atoms with Gasteiger partial charge in [0, 0.05) is 17.1 Å². The van der Waals surface area contributed by atoms with Crippen molar-refractivity contribution < 1.29 is 14.3 Å². The lowest BCUT2D eigenvalue weighted by atomic mass is 10.2. The summed E-state index contributed by atoms with van der Waals surface area (Å²) in [4.78, 5) is 16.6. The Morgan fingerprint density at radius 1 is 1.04 bits per heavy atom. The van der Waals surface area contributed by atoms with E-state index in [2.05, 4.69) is 15.6 Å². The third kappa shape index (κ3) is 4.72. The summed E-state index contributed by atoms with van der Waals surface area (Å²) in [6, 6.07) is 16.2. The predicted molar refractivity (Wildman–Crippen MR) is 110 cm³/mol. The summed E-state index contributed by atoms with van der Waals surface area (Å²) in [6.07, 6.45) is 1.58. The number of nitrogens with zero attached hydrogens (tertiary/aromatic N) is 1. The lowest BCUT2D eigenvalue weighted by Crippen LogP contribution is -2.24. The molecule has 7 heteroatoms. The molecule has 0 radical (unpaired) electrons. The van der Waals surface area contributed by atoms with Gasteiger partial charge in [-0.1, -0.05) is 29.8 Å². The monoisotopic (exact) mass is 397 g/mol. The highest BCUT2D eigenvalue weighted by atomic mass is 35.5. The van der Waals surface area contributed by atoms with Crippen LogP contribution in [0.15, 0.2) is 60.8 Å². The van der Waals surface area contributed by atoms with Crippen LogP contribution in [0.4, 0.5) is 11.4 Å². The Hall–Kier alpha value is -3.25. The Bertz CT molecular complexity index is 961. The average Bonchev–Trinajstić information content (AvgIpc) is 2.73. The van der Waals surface area contributed by atoms with Gasteiger partial charge in [-0.2, -0.15) is 0 Å². The number of aromatic nitrogens is 1. The van der Waals surface area contributed by atoms with Crippen LogP contribution in [-0.4, -0.2) is 25.1 Å². The highest BCUT2D eigenvalue weighted by molar-refractivity contribution is 6.31. The molecule has 0 bridgehead atoms. The van der Waals surface area contributed by atoms with Crippen LogP contribution in [0.25, 0.3) is 0 Å². The molecule has 3 rings (SSSR count). The van der Waals surface area contributed by atoms with E-state index < -0.39 is 0 Å². The number of carbonyl (C=O) groups is 1. The Kier molecular flexibility index (Phi) is 6.34. The number of nitrogens with one attached hydrogen (secondary N) is 2. The number of halogens is 1. The summed E-state index contributed by atoms with van der Waals surface area (Å²) in [6.45, 7) is 0.351. The highest BCUT2D eigenvalue weighted by Gasteiger charge is 2.10. The van der Waals surface area contributed by atoms with E-state index in [-0.39, 0.29) is 5.91 Å². The lowest BCUT2D eigenvalue weighted by Gasteiger charge is -2.12. The van der Waals surface area contributed by atoms with Crippen LogP contribution in [0.3, 0.4) is 0 Å². The van der Waals surface area contributed by atoms with Crippen molar-refractivity contribution in [2.24, 2.45) is 0 Å². The number of hydrogen-bond donors (Lipinski definition) is 2. The Morgan fingerprint density at radius 2 is 1.82 bits per heavy atom. The number of benzene rings is 2. The molecule has 28 heavy (non-hydrogen) atoms. The number of methoxy groups -OCH3 is 2. The maximum absolute atomic E-state index is 12.4. The molecule has 1 aromatic heterocycles. The minimum absolute atomic E-state index is 0.266. The lowest BCUT2D eigenvalue weighted by molar-refractivity contribution is 0.0945. The largest absolute Gasteiger partial charge is 0.496 e. The molecule has 6 nitrogen and oxygen atoms in total. The van der Waals surface area contributed by atoms with Gasteiger partial charge in [0.05, 0.1) is 31.8 Å². The maximum atomic E-state index is 12.4. The summed E-state index contributed by atoms with van der Waals surface area (Å²) < 4.78 is 10.6. The van der Waals surface area contributed by atoms with Gasteiger partial charge in [0.25, 0.3) is 5.91 Å². The summed E-state index contributed by atoms with van der Waals surface area (Å²) in [5.41, 5.74) is 2.63. The molecule has 0 fully saturated rings. The number of rotatable bonds is 7. The first-order valence-corrected chi connectivity index (χ1v) is 8.95. The molecule has 0 aliphatic rings. The zero-order valence-corrected chi connectivity index (χ0v) is 16.3. The van der Waals surface area contributed by atoms with Gasteiger partial charge in [0.15, 0.2) is 0 Å². The molecule has 0 spiro atoms. The van der Waals surface area contributed by atoms with Gasteiger partial charge in [-0.25, -0.2) is 4.98 Å². The van der Waals surface area contributed by atoms with Crippen LogP contribution in [0.5, 0.6) is 11.5 Å². The fourth-order valence-electron chi connectivity index (χ4n) is 2.65. The zero-order valence-electron chi connectivity index (χ0n) is 15.5. The summed E-state index contributed by atoms with van der Waals surface area (Å²) in [7, 11) is 3.19. The van der Waals surface area contributed by atoms with Gasteiger partial charge in [0.2, 0.25) is 0 Å². The van der Waals surface area contributed by atoms with E-state index in [9.17, 15) is 4.79 Å². The maximum Gasteiger partial charge on any atom is 0.270 e. The summed E-state index contributed by atoms with van der Waals surface area (Å²) in [5.74, 6) is 1.12. The molecule has 0 unspecified atom stereocenters. The average molecular weight is 398 g/mol. The quantitative estimate of drug-likeness (QED) is 0.617. The van der Waals surface area contributed by atoms with Crippen molar-refractivity contribution in [2.75, 3.05) is 19.5 Å². The fourth-order valence-corrected chi connectivity index (χ4v) is 2.82.